The Labute approximate surface area is 166 Å². The van der Waals surface area contributed by atoms with Crippen LogP contribution in [0.15, 0.2) is 48.5 Å². The molecule has 0 amide bonds. The smallest absolute Gasteiger partial charge is 0.332 e. The van der Waals surface area contributed by atoms with E-state index in [2.05, 4.69) is 5.32 Å². The molecular formula is C19H20ClF3N3S+. The van der Waals surface area contributed by atoms with Crippen LogP contribution >= 0.6 is 23.8 Å². The monoisotopic (exact) mass is 414 g/mol. The molecule has 1 atom stereocenters. The van der Waals surface area contributed by atoms with Crippen molar-refractivity contribution in [3.8, 4) is 0 Å². The van der Waals surface area contributed by atoms with Crippen LogP contribution in [0, 0.1) is 0 Å². The van der Waals surface area contributed by atoms with Gasteiger partial charge in [-0.05, 0) is 36.5 Å². The lowest BCUT2D eigenvalue weighted by molar-refractivity contribution is -0.927. The normalized spacial score (nSPS) is 17.6. The summed E-state index contributed by atoms with van der Waals surface area (Å²) in [6, 6.07) is 12.8. The predicted molar refractivity (Wildman–Crippen MR) is 105 cm³/mol. The predicted octanol–water partition coefficient (Wildman–Crippen LogP) is 3.80. The number of quaternary nitrogens is 1. The second-order valence-electron chi connectivity index (χ2n) is 6.55. The van der Waals surface area contributed by atoms with Gasteiger partial charge in [0.2, 0.25) is 0 Å². The van der Waals surface area contributed by atoms with E-state index < -0.39 is 11.7 Å². The van der Waals surface area contributed by atoms with Gasteiger partial charge in [-0.2, -0.15) is 13.2 Å². The standard InChI is InChI=1S/C19H19ClF3N3S/c20-17-8-2-1-5-14(17)12-25-9-4-10-26(13-25)18(27)24-16-7-3-6-15(11-16)19(21,22)23/h1-3,5-8,11H,4,9-10,12-13H2,(H,24,27)/p+1. The number of halogens is 4. The first-order valence-corrected chi connectivity index (χ1v) is 9.42. The number of anilines is 1. The highest BCUT2D eigenvalue weighted by Crippen LogP contribution is 2.30. The molecule has 2 aromatic carbocycles. The van der Waals surface area contributed by atoms with Crippen LogP contribution in [0.4, 0.5) is 18.9 Å². The highest BCUT2D eigenvalue weighted by molar-refractivity contribution is 7.80. The van der Waals surface area contributed by atoms with Gasteiger partial charge >= 0.3 is 6.18 Å². The second kappa shape index (κ2) is 8.46. The number of nitrogens with zero attached hydrogens (tertiary/aromatic N) is 1. The molecule has 1 aliphatic rings. The molecule has 0 bridgehead atoms. The Morgan fingerprint density at radius 3 is 2.70 bits per heavy atom. The van der Waals surface area contributed by atoms with E-state index in [0.717, 1.165) is 48.8 Å². The lowest BCUT2D eigenvalue weighted by Crippen LogP contribution is -3.13. The molecule has 0 aromatic heterocycles. The van der Waals surface area contributed by atoms with Crippen molar-refractivity contribution in [1.29, 1.82) is 0 Å². The minimum absolute atomic E-state index is 0.341. The van der Waals surface area contributed by atoms with Gasteiger partial charge in [-0.15, -0.1) is 0 Å². The summed E-state index contributed by atoms with van der Waals surface area (Å²) in [7, 11) is 0. The first-order valence-electron chi connectivity index (χ1n) is 8.63. The topological polar surface area (TPSA) is 19.7 Å². The van der Waals surface area contributed by atoms with Crippen LogP contribution in [0.1, 0.15) is 17.5 Å². The highest BCUT2D eigenvalue weighted by atomic mass is 35.5. The molecule has 1 unspecified atom stereocenters. The van der Waals surface area contributed by atoms with Crippen LogP contribution in [-0.2, 0) is 12.7 Å². The van der Waals surface area contributed by atoms with E-state index in [9.17, 15) is 13.2 Å². The maximum absolute atomic E-state index is 12.9. The van der Waals surface area contributed by atoms with E-state index >= 15 is 0 Å². The Hall–Kier alpha value is -1.83. The number of rotatable bonds is 3. The van der Waals surface area contributed by atoms with E-state index in [4.69, 9.17) is 23.8 Å². The van der Waals surface area contributed by atoms with E-state index in [0.29, 0.717) is 17.5 Å². The van der Waals surface area contributed by atoms with Gasteiger partial charge in [0.1, 0.15) is 6.54 Å². The average molecular weight is 415 g/mol. The van der Waals surface area contributed by atoms with E-state index in [1.165, 1.54) is 11.0 Å². The number of nitrogens with one attached hydrogen (secondary N) is 2. The van der Waals surface area contributed by atoms with Crippen LogP contribution in [0.3, 0.4) is 0 Å². The Bertz CT molecular complexity index is 813. The molecule has 0 spiro atoms. The molecule has 3 nitrogen and oxygen atoms in total. The third kappa shape index (κ3) is 5.34. The summed E-state index contributed by atoms with van der Waals surface area (Å²) in [6.45, 7) is 3.23. The fourth-order valence-electron chi connectivity index (χ4n) is 3.15. The zero-order valence-electron chi connectivity index (χ0n) is 14.5. The summed E-state index contributed by atoms with van der Waals surface area (Å²) < 4.78 is 38.6. The summed E-state index contributed by atoms with van der Waals surface area (Å²) in [5.41, 5.74) is 0.723. The van der Waals surface area contributed by atoms with E-state index in [-0.39, 0.29) is 0 Å². The number of thiocarbonyl (C=S) groups is 1. The Morgan fingerprint density at radius 2 is 1.96 bits per heavy atom. The van der Waals surface area contributed by atoms with Crippen LogP contribution in [-0.4, -0.2) is 29.8 Å². The first kappa shape index (κ1) is 19.9. The first-order chi connectivity index (χ1) is 12.8. The van der Waals surface area contributed by atoms with Gasteiger partial charge in [0.15, 0.2) is 11.8 Å². The molecule has 0 saturated carbocycles. The molecule has 1 aliphatic heterocycles. The molecular weight excluding hydrogens is 395 g/mol. The van der Waals surface area contributed by atoms with Gasteiger partial charge in [-0.25, -0.2) is 0 Å². The number of hydrogen-bond acceptors (Lipinski definition) is 1. The minimum atomic E-state index is -4.37. The molecule has 1 fully saturated rings. The van der Waals surface area contributed by atoms with Gasteiger partial charge in [-0.1, -0.05) is 35.9 Å². The molecule has 2 N–H and O–H groups in total. The van der Waals surface area contributed by atoms with E-state index in [1.54, 1.807) is 6.07 Å². The number of benzene rings is 2. The summed E-state index contributed by atoms with van der Waals surface area (Å²) >= 11 is 11.7. The molecule has 3 rings (SSSR count). The molecule has 144 valence electrons. The van der Waals surface area contributed by atoms with Gasteiger partial charge in [-0.3, -0.25) is 0 Å². The van der Waals surface area contributed by atoms with Crippen molar-refractivity contribution >= 4 is 34.6 Å². The fraction of sp³-hybridized carbons (Fsp3) is 0.316. The summed E-state index contributed by atoms with van der Waals surface area (Å²) in [5, 5.41) is 4.12. The van der Waals surface area contributed by atoms with Gasteiger partial charge in [0.05, 0.1) is 12.1 Å². The molecule has 2 aromatic rings. The van der Waals surface area contributed by atoms with Crippen molar-refractivity contribution in [1.82, 2.24) is 4.90 Å². The quantitative estimate of drug-likeness (QED) is 0.745. The van der Waals surface area contributed by atoms with Crippen LogP contribution in [0.25, 0.3) is 0 Å². The summed E-state index contributed by atoms with van der Waals surface area (Å²) in [6.07, 6.45) is -3.43. The lowest BCUT2D eigenvalue weighted by Gasteiger charge is -2.34. The molecule has 1 heterocycles. The van der Waals surface area contributed by atoms with Crippen molar-refractivity contribution in [2.75, 3.05) is 25.1 Å². The minimum Gasteiger partial charge on any atom is -0.332 e. The number of hydrogen-bond donors (Lipinski definition) is 2. The maximum atomic E-state index is 12.9. The summed E-state index contributed by atoms with van der Waals surface area (Å²) in [4.78, 5) is 3.30. The lowest BCUT2D eigenvalue weighted by atomic mass is 10.2. The van der Waals surface area contributed by atoms with Crippen LogP contribution < -0.4 is 10.2 Å². The third-order valence-corrected chi connectivity index (χ3v) is 5.23. The molecule has 1 saturated heterocycles. The molecule has 0 aliphatic carbocycles. The largest absolute Gasteiger partial charge is 0.416 e. The average Bonchev–Trinajstić information content (AvgIpc) is 2.63. The third-order valence-electron chi connectivity index (χ3n) is 4.50. The van der Waals surface area contributed by atoms with Crippen molar-refractivity contribution < 1.29 is 18.1 Å². The molecule has 8 heteroatoms. The van der Waals surface area contributed by atoms with Crippen LogP contribution in [0.5, 0.6) is 0 Å². The molecule has 0 radical (unpaired) electrons. The van der Waals surface area contributed by atoms with Crippen molar-refractivity contribution in [2.45, 2.75) is 19.1 Å². The van der Waals surface area contributed by atoms with Crippen molar-refractivity contribution in [3.05, 3.63) is 64.7 Å². The van der Waals surface area contributed by atoms with Crippen LogP contribution in [0.2, 0.25) is 5.02 Å². The zero-order chi connectivity index (χ0) is 19.4. The van der Waals surface area contributed by atoms with Crippen molar-refractivity contribution in [3.63, 3.8) is 0 Å². The zero-order valence-corrected chi connectivity index (χ0v) is 16.1. The van der Waals surface area contributed by atoms with Crippen molar-refractivity contribution in [2.24, 2.45) is 0 Å². The van der Waals surface area contributed by atoms with E-state index in [1.807, 2.05) is 29.2 Å². The number of alkyl halides is 3. The van der Waals surface area contributed by atoms with Gasteiger partial charge in [0, 0.05) is 29.2 Å². The highest BCUT2D eigenvalue weighted by Gasteiger charge is 2.30. The Kier molecular flexibility index (Phi) is 6.24. The Morgan fingerprint density at radius 1 is 1.19 bits per heavy atom. The fourth-order valence-corrected chi connectivity index (χ4v) is 3.63. The Balaban J connectivity index is 1.63. The second-order valence-corrected chi connectivity index (χ2v) is 7.35. The maximum Gasteiger partial charge on any atom is 0.416 e. The SMILES string of the molecule is FC(F)(F)c1cccc(NC(=S)N2CCC[NH+](Cc3ccccc3Cl)C2)c1. The molecule has 27 heavy (non-hydrogen) atoms. The summed E-state index contributed by atoms with van der Waals surface area (Å²) in [5.74, 6) is 0. The van der Waals surface area contributed by atoms with Gasteiger partial charge in [0.25, 0.3) is 0 Å². The van der Waals surface area contributed by atoms with Gasteiger partial charge < -0.3 is 15.1 Å².